The lowest BCUT2D eigenvalue weighted by molar-refractivity contribution is -0.151. The summed E-state index contributed by atoms with van der Waals surface area (Å²) < 4.78 is 0. The number of nitrogens with zero attached hydrogens (tertiary/aromatic N) is 2. The number of carbonyl (C=O) groups excluding carboxylic acids is 1. The molecule has 2 atom stereocenters. The predicted molar refractivity (Wildman–Crippen MR) is 87.1 cm³/mol. The quantitative estimate of drug-likeness (QED) is 0.915. The molecular weight excluding hydrogens is 312 g/mol. The number of carboxylic acid groups (broad SMARTS) is 1. The van der Waals surface area contributed by atoms with Gasteiger partial charge in [-0.2, -0.15) is 0 Å². The summed E-state index contributed by atoms with van der Waals surface area (Å²) >= 11 is 1.51. The van der Waals surface area contributed by atoms with Crippen molar-refractivity contribution in [2.75, 3.05) is 6.54 Å². The number of hydrogen-bond donors (Lipinski definition) is 1. The van der Waals surface area contributed by atoms with Gasteiger partial charge in [-0.15, -0.1) is 11.3 Å². The summed E-state index contributed by atoms with van der Waals surface area (Å²) in [6, 6.07) is 7.28. The molecule has 120 valence electrons. The van der Waals surface area contributed by atoms with Crippen LogP contribution in [0.3, 0.4) is 0 Å². The highest BCUT2D eigenvalue weighted by molar-refractivity contribution is 7.10. The van der Waals surface area contributed by atoms with Crippen LogP contribution in [0, 0.1) is 5.92 Å². The smallest absolute Gasteiger partial charge is 0.308 e. The number of hydrogen-bond acceptors (Lipinski definition) is 4. The Bertz CT molecular complexity index is 672. The Morgan fingerprint density at radius 3 is 2.91 bits per heavy atom. The topological polar surface area (TPSA) is 70.5 Å². The molecule has 0 aromatic carbocycles. The van der Waals surface area contributed by atoms with Crippen LogP contribution in [0.2, 0.25) is 0 Å². The zero-order valence-electron chi connectivity index (χ0n) is 12.6. The second kappa shape index (κ2) is 6.91. The molecule has 0 unspecified atom stereocenters. The van der Waals surface area contributed by atoms with Gasteiger partial charge in [0.2, 0.25) is 5.91 Å². The van der Waals surface area contributed by atoms with E-state index >= 15 is 0 Å². The summed E-state index contributed by atoms with van der Waals surface area (Å²) in [5.74, 6) is -1.34. The number of carbonyl (C=O) groups is 2. The first-order chi connectivity index (χ1) is 11.2. The molecule has 1 aliphatic heterocycles. The van der Waals surface area contributed by atoms with E-state index < -0.39 is 11.9 Å². The standard InChI is InChI=1S/C17H18N2O3S/c20-15-6-5-13(17(21)22)16(14-4-2-10-23-14)19(15)9-7-12-3-1-8-18-11-12/h1-4,8,10-11,13,16H,5-7,9H2,(H,21,22)/t13-,16-/m0/s1. The molecule has 1 amide bonds. The normalized spacial score (nSPS) is 21.4. The molecule has 0 radical (unpaired) electrons. The van der Waals surface area contributed by atoms with Crippen molar-refractivity contribution in [1.29, 1.82) is 0 Å². The summed E-state index contributed by atoms with van der Waals surface area (Å²) in [5.41, 5.74) is 1.04. The minimum absolute atomic E-state index is 0.0322. The SMILES string of the molecule is O=C(O)[C@H]1CCC(=O)N(CCc2cccnc2)[C@@H]1c1cccs1. The number of thiophene rings is 1. The lowest BCUT2D eigenvalue weighted by Crippen LogP contribution is -2.45. The van der Waals surface area contributed by atoms with Gasteiger partial charge in [-0.3, -0.25) is 14.6 Å². The van der Waals surface area contributed by atoms with Gasteiger partial charge < -0.3 is 10.0 Å². The van der Waals surface area contributed by atoms with Crippen LogP contribution in [-0.2, 0) is 16.0 Å². The molecular formula is C17H18N2O3S. The Balaban J connectivity index is 1.84. The maximum absolute atomic E-state index is 12.4. The highest BCUT2D eigenvalue weighted by atomic mass is 32.1. The molecule has 1 saturated heterocycles. The van der Waals surface area contributed by atoms with E-state index in [2.05, 4.69) is 4.98 Å². The van der Waals surface area contributed by atoms with Crippen molar-refractivity contribution in [2.45, 2.75) is 25.3 Å². The largest absolute Gasteiger partial charge is 0.481 e. The first-order valence-corrected chi connectivity index (χ1v) is 8.49. The van der Waals surface area contributed by atoms with E-state index in [4.69, 9.17) is 0 Å². The molecule has 2 aromatic heterocycles. The summed E-state index contributed by atoms with van der Waals surface area (Å²) in [4.78, 5) is 30.8. The highest BCUT2D eigenvalue weighted by Gasteiger charge is 2.40. The number of amides is 1. The van der Waals surface area contributed by atoms with Crippen molar-refractivity contribution in [1.82, 2.24) is 9.88 Å². The number of aliphatic carboxylic acids is 1. The van der Waals surface area contributed by atoms with Crippen molar-refractivity contribution in [2.24, 2.45) is 5.92 Å². The molecule has 1 aliphatic rings. The van der Waals surface area contributed by atoms with Gasteiger partial charge >= 0.3 is 5.97 Å². The Morgan fingerprint density at radius 1 is 1.39 bits per heavy atom. The van der Waals surface area contributed by atoms with E-state index in [0.717, 1.165) is 10.4 Å². The lowest BCUT2D eigenvalue weighted by atomic mass is 9.87. The van der Waals surface area contributed by atoms with Gasteiger partial charge in [0.05, 0.1) is 12.0 Å². The first-order valence-electron chi connectivity index (χ1n) is 7.61. The van der Waals surface area contributed by atoms with Gasteiger partial charge in [-0.25, -0.2) is 0 Å². The minimum atomic E-state index is -0.831. The second-order valence-corrected chi connectivity index (χ2v) is 6.62. The number of aromatic nitrogens is 1. The molecule has 0 aliphatic carbocycles. The summed E-state index contributed by atoms with van der Waals surface area (Å²) in [7, 11) is 0. The van der Waals surface area contributed by atoms with Crippen LogP contribution < -0.4 is 0 Å². The monoisotopic (exact) mass is 330 g/mol. The van der Waals surface area contributed by atoms with E-state index in [0.29, 0.717) is 25.8 Å². The molecule has 6 heteroatoms. The Hall–Kier alpha value is -2.21. The fourth-order valence-corrected chi connectivity index (χ4v) is 3.98. The Labute approximate surface area is 138 Å². The van der Waals surface area contributed by atoms with Crippen molar-refractivity contribution in [3.8, 4) is 0 Å². The van der Waals surface area contributed by atoms with Gasteiger partial charge in [0.25, 0.3) is 0 Å². The van der Waals surface area contributed by atoms with Crippen molar-refractivity contribution >= 4 is 23.2 Å². The molecule has 1 N–H and O–H groups in total. The van der Waals surface area contributed by atoms with Crippen LogP contribution in [0.5, 0.6) is 0 Å². The predicted octanol–water partition coefficient (Wildman–Crippen LogP) is 2.75. The summed E-state index contributed by atoms with van der Waals surface area (Å²) in [6.07, 6.45) is 4.87. The molecule has 23 heavy (non-hydrogen) atoms. The van der Waals surface area contributed by atoms with Gasteiger partial charge in [0, 0.05) is 30.2 Å². The van der Waals surface area contributed by atoms with Gasteiger partial charge in [0.15, 0.2) is 0 Å². The number of rotatable bonds is 5. The van der Waals surface area contributed by atoms with Gasteiger partial charge in [0.1, 0.15) is 0 Å². The zero-order valence-corrected chi connectivity index (χ0v) is 13.4. The third-order valence-electron chi connectivity index (χ3n) is 4.22. The van der Waals surface area contributed by atoms with Crippen LogP contribution in [0.4, 0.5) is 0 Å². The first kappa shape index (κ1) is 15.7. The third-order valence-corrected chi connectivity index (χ3v) is 5.17. The van der Waals surface area contributed by atoms with E-state index in [1.807, 2.05) is 29.6 Å². The minimum Gasteiger partial charge on any atom is -0.481 e. The average molecular weight is 330 g/mol. The fraction of sp³-hybridized carbons (Fsp3) is 0.353. The molecule has 5 nitrogen and oxygen atoms in total. The second-order valence-electron chi connectivity index (χ2n) is 5.64. The maximum atomic E-state index is 12.4. The third kappa shape index (κ3) is 3.42. The van der Waals surface area contributed by atoms with E-state index in [9.17, 15) is 14.7 Å². The van der Waals surface area contributed by atoms with Crippen LogP contribution in [-0.4, -0.2) is 33.4 Å². The molecule has 0 bridgehead atoms. The molecule has 1 fully saturated rings. The number of carboxylic acids is 1. The summed E-state index contributed by atoms with van der Waals surface area (Å²) in [5, 5.41) is 11.5. The zero-order chi connectivity index (χ0) is 16.2. The van der Waals surface area contributed by atoms with Gasteiger partial charge in [-0.05, 0) is 35.9 Å². The number of piperidine rings is 1. The molecule has 0 spiro atoms. The van der Waals surface area contributed by atoms with E-state index in [1.54, 1.807) is 17.3 Å². The number of likely N-dealkylation sites (tertiary alicyclic amines) is 1. The Morgan fingerprint density at radius 2 is 2.26 bits per heavy atom. The lowest BCUT2D eigenvalue weighted by Gasteiger charge is -2.39. The average Bonchev–Trinajstić information content (AvgIpc) is 3.08. The number of pyridine rings is 1. The van der Waals surface area contributed by atoms with Crippen molar-refractivity contribution < 1.29 is 14.7 Å². The van der Waals surface area contributed by atoms with E-state index in [1.165, 1.54) is 11.3 Å². The van der Waals surface area contributed by atoms with Crippen LogP contribution >= 0.6 is 11.3 Å². The Kier molecular flexibility index (Phi) is 4.71. The van der Waals surface area contributed by atoms with Crippen LogP contribution in [0.25, 0.3) is 0 Å². The molecule has 0 saturated carbocycles. The van der Waals surface area contributed by atoms with Gasteiger partial charge in [-0.1, -0.05) is 12.1 Å². The van der Waals surface area contributed by atoms with Crippen molar-refractivity contribution in [3.63, 3.8) is 0 Å². The van der Waals surface area contributed by atoms with E-state index in [-0.39, 0.29) is 11.9 Å². The molecule has 2 aromatic rings. The highest BCUT2D eigenvalue weighted by Crippen LogP contribution is 2.38. The van der Waals surface area contributed by atoms with Crippen LogP contribution in [0.1, 0.15) is 29.3 Å². The summed E-state index contributed by atoms with van der Waals surface area (Å²) in [6.45, 7) is 0.511. The van der Waals surface area contributed by atoms with Crippen LogP contribution in [0.15, 0.2) is 42.0 Å². The molecule has 3 heterocycles. The molecule has 3 rings (SSSR count). The fourth-order valence-electron chi connectivity index (χ4n) is 3.08. The van der Waals surface area contributed by atoms with Crippen molar-refractivity contribution in [3.05, 3.63) is 52.5 Å². The maximum Gasteiger partial charge on any atom is 0.308 e.